The maximum Gasteiger partial charge on any atom is 0.227 e. The van der Waals surface area contributed by atoms with E-state index < -0.39 is 0 Å². The van der Waals surface area contributed by atoms with Crippen LogP contribution >= 0.6 is 0 Å². The minimum absolute atomic E-state index is 0.0602. The van der Waals surface area contributed by atoms with Crippen molar-refractivity contribution in [2.24, 2.45) is 0 Å². The third kappa shape index (κ3) is 2.77. The molecule has 0 aliphatic heterocycles. The zero-order valence-electron chi connectivity index (χ0n) is 12.2. The highest BCUT2D eigenvalue weighted by Gasteiger charge is 2.26. The normalized spacial score (nSPS) is 17.5. The second-order valence-corrected chi connectivity index (χ2v) is 5.74. The molecule has 3 heteroatoms. The van der Waals surface area contributed by atoms with Crippen LogP contribution < -0.4 is 11.1 Å². The molecule has 0 fully saturated rings. The van der Waals surface area contributed by atoms with Crippen molar-refractivity contribution in [2.45, 2.75) is 25.2 Å². The summed E-state index contributed by atoms with van der Waals surface area (Å²) >= 11 is 0. The third-order valence-corrected chi connectivity index (χ3v) is 4.29. The number of rotatable bonds is 4. The standard InChI is InChI=1S/C18H20N2O/c1-12(13-6-4-7-16(19)10-13)18(21)20-11-15-9-14-5-2-3-8-17(14)15/h2-8,10,12,15H,9,11,19H2,1H3,(H,20,21). The monoisotopic (exact) mass is 280 g/mol. The molecule has 21 heavy (non-hydrogen) atoms. The van der Waals surface area contributed by atoms with Gasteiger partial charge in [-0.05, 0) is 42.2 Å². The number of nitrogen functional groups attached to an aromatic ring is 1. The number of amides is 1. The van der Waals surface area contributed by atoms with E-state index in [1.54, 1.807) is 0 Å². The Kier molecular flexibility index (Phi) is 3.65. The topological polar surface area (TPSA) is 55.1 Å². The van der Waals surface area contributed by atoms with Gasteiger partial charge in [0.25, 0.3) is 0 Å². The Balaban J connectivity index is 1.58. The van der Waals surface area contributed by atoms with Crippen molar-refractivity contribution < 1.29 is 4.79 Å². The molecule has 0 aromatic heterocycles. The minimum atomic E-state index is -0.177. The number of fused-ring (bicyclic) bond motifs is 1. The number of hydrogen-bond donors (Lipinski definition) is 2. The van der Waals surface area contributed by atoms with E-state index in [9.17, 15) is 4.79 Å². The minimum Gasteiger partial charge on any atom is -0.399 e. The number of carbonyl (C=O) groups excluding carboxylic acids is 1. The molecular weight excluding hydrogens is 260 g/mol. The van der Waals surface area contributed by atoms with Crippen molar-refractivity contribution in [3.05, 3.63) is 65.2 Å². The average molecular weight is 280 g/mol. The number of carbonyl (C=O) groups is 1. The van der Waals surface area contributed by atoms with Crippen LogP contribution in [-0.2, 0) is 11.2 Å². The summed E-state index contributed by atoms with van der Waals surface area (Å²) in [6.07, 6.45) is 1.06. The Hall–Kier alpha value is -2.29. The lowest BCUT2D eigenvalue weighted by Crippen LogP contribution is -2.35. The molecule has 0 heterocycles. The van der Waals surface area contributed by atoms with Crippen LogP contribution in [0.5, 0.6) is 0 Å². The number of benzene rings is 2. The predicted octanol–water partition coefficient (Wildman–Crippen LogP) is 2.83. The van der Waals surface area contributed by atoms with Gasteiger partial charge in [-0.25, -0.2) is 0 Å². The first-order valence-corrected chi connectivity index (χ1v) is 7.36. The summed E-state index contributed by atoms with van der Waals surface area (Å²) in [6, 6.07) is 16.0. The number of nitrogens with two attached hydrogens (primary N) is 1. The van der Waals surface area contributed by atoms with Crippen molar-refractivity contribution >= 4 is 11.6 Å². The van der Waals surface area contributed by atoms with Crippen LogP contribution in [0.25, 0.3) is 0 Å². The van der Waals surface area contributed by atoms with Crippen LogP contribution in [0, 0.1) is 0 Å². The van der Waals surface area contributed by atoms with Crippen molar-refractivity contribution in [1.29, 1.82) is 0 Å². The molecule has 1 aliphatic rings. The van der Waals surface area contributed by atoms with E-state index >= 15 is 0 Å². The van der Waals surface area contributed by atoms with Crippen molar-refractivity contribution in [2.75, 3.05) is 12.3 Å². The van der Waals surface area contributed by atoms with E-state index in [0.717, 1.165) is 12.0 Å². The Morgan fingerprint density at radius 3 is 2.86 bits per heavy atom. The molecule has 0 saturated heterocycles. The second kappa shape index (κ2) is 5.60. The summed E-state index contributed by atoms with van der Waals surface area (Å²) in [7, 11) is 0. The van der Waals surface area contributed by atoms with Crippen LogP contribution in [0.3, 0.4) is 0 Å². The number of anilines is 1. The highest BCUT2D eigenvalue weighted by atomic mass is 16.1. The van der Waals surface area contributed by atoms with Crippen LogP contribution in [0.4, 0.5) is 5.69 Å². The molecule has 0 spiro atoms. The highest BCUT2D eigenvalue weighted by Crippen LogP contribution is 2.34. The van der Waals surface area contributed by atoms with Gasteiger partial charge in [0.1, 0.15) is 0 Å². The van der Waals surface area contributed by atoms with E-state index in [0.29, 0.717) is 18.2 Å². The highest BCUT2D eigenvalue weighted by molar-refractivity contribution is 5.83. The summed E-state index contributed by atoms with van der Waals surface area (Å²) < 4.78 is 0. The second-order valence-electron chi connectivity index (χ2n) is 5.74. The molecular formula is C18H20N2O. The van der Waals surface area contributed by atoms with Gasteiger partial charge < -0.3 is 11.1 Å². The number of nitrogens with one attached hydrogen (secondary N) is 1. The molecule has 0 radical (unpaired) electrons. The summed E-state index contributed by atoms with van der Waals surface area (Å²) in [5, 5.41) is 3.06. The lowest BCUT2D eigenvalue weighted by atomic mass is 9.77. The SMILES string of the molecule is CC(C(=O)NCC1Cc2ccccc21)c1cccc(N)c1. The maximum absolute atomic E-state index is 12.3. The van der Waals surface area contributed by atoms with Crippen LogP contribution in [0.15, 0.2) is 48.5 Å². The molecule has 0 bridgehead atoms. The zero-order chi connectivity index (χ0) is 14.8. The molecule has 0 saturated carbocycles. The van der Waals surface area contributed by atoms with E-state index in [1.165, 1.54) is 11.1 Å². The molecule has 1 amide bonds. The van der Waals surface area contributed by atoms with Gasteiger partial charge in [-0.15, -0.1) is 0 Å². The molecule has 108 valence electrons. The van der Waals surface area contributed by atoms with Gasteiger partial charge in [0.2, 0.25) is 5.91 Å². The Labute approximate surface area is 125 Å². The molecule has 2 aromatic carbocycles. The quantitative estimate of drug-likeness (QED) is 0.846. The first-order valence-electron chi connectivity index (χ1n) is 7.36. The van der Waals surface area contributed by atoms with Gasteiger partial charge in [0.05, 0.1) is 5.92 Å². The fourth-order valence-corrected chi connectivity index (χ4v) is 2.90. The fourth-order valence-electron chi connectivity index (χ4n) is 2.90. The van der Waals surface area contributed by atoms with Crippen LogP contribution in [0.1, 0.15) is 35.4 Å². The molecule has 2 aromatic rings. The van der Waals surface area contributed by atoms with Crippen molar-refractivity contribution in [1.82, 2.24) is 5.32 Å². The zero-order valence-corrected chi connectivity index (χ0v) is 12.2. The first kappa shape index (κ1) is 13.7. The predicted molar refractivity (Wildman–Crippen MR) is 85.2 cm³/mol. The smallest absolute Gasteiger partial charge is 0.227 e. The van der Waals surface area contributed by atoms with Gasteiger partial charge in [-0.3, -0.25) is 4.79 Å². The molecule has 3 nitrogen and oxygen atoms in total. The Morgan fingerprint density at radius 2 is 2.10 bits per heavy atom. The maximum atomic E-state index is 12.3. The van der Waals surface area contributed by atoms with Gasteiger partial charge in [-0.2, -0.15) is 0 Å². The van der Waals surface area contributed by atoms with Crippen molar-refractivity contribution in [3.63, 3.8) is 0 Å². The van der Waals surface area contributed by atoms with Gasteiger partial charge >= 0.3 is 0 Å². The summed E-state index contributed by atoms with van der Waals surface area (Å²) in [5.74, 6) is 0.340. The summed E-state index contributed by atoms with van der Waals surface area (Å²) in [6.45, 7) is 2.63. The van der Waals surface area contributed by atoms with E-state index in [-0.39, 0.29) is 11.8 Å². The average Bonchev–Trinajstić information content (AvgIpc) is 2.47. The van der Waals surface area contributed by atoms with Crippen LogP contribution in [-0.4, -0.2) is 12.5 Å². The molecule has 2 atom stereocenters. The van der Waals surface area contributed by atoms with Crippen LogP contribution in [0.2, 0.25) is 0 Å². The lowest BCUT2D eigenvalue weighted by molar-refractivity contribution is -0.122. The van der Waals surface area contributed by atoms with E-state index in [1.807, 2.05) is 31.2 Å². The largest absolute Gasteiger partial charge is 0.399 e. The molecule has 3 rings (SSSR count). The number of hydrogen-bond acceptors (Lipinski definition) is 2. The lowest BCUT2D eigenvalue weighted by Gasteiger charge is -2.30. The summed E-state index contributed by atoms with van der Waals surface area (Å²) in [5.41, 5.74) is 10.2. The van der Waals surface area contributed by atoms with Gasteiger partial charge in [0.15, 0.2) is 0 Å². The fraction of sp³-hybridized carbons (Fsp3) is 0.278. The first-order chi connectivity index (χ1) is 10.1. The van der Waals surface area contributed by atoms with Gasteiger partial charge in [0, 0.05) is 18.2 Å². The molecule has 2 unspecified atom stereocenters. The summed E-state index contributed by atoms with van der Waals surface area (Å²) in [4.78, 5) is 12.3. The van der Waals surface area contributed by atoms with E-state index in [2.05, 4.69) is 29.6 Å². The Bertz CT molecular complexity index is 666. The van der Waals surface area contributed by atoms with Gasteiger partial charge in [-0.1, -0.05) is 36.4 Å². The molecule has 3 N–H and O–H groups in total. The molecule has 1 aliphatic carbocycles. The Morgan fingerprint density at radius 1 is 1.29 bits per heavy atom. The third-order valence-electron chi connectivity index (χ3n) is 4.29. The van der Waals surface area contributed by atoms with E-state index in [4.69, 9.17) is 5.73 Å². The van der Waals surface area contributed by atoms with Crippen molar-refractivity contribution in [3.8, 4) is 0 Å².